The van der Waals surface area contributed by atoms with Crippen LogP contribution in [-0.4, -0.2) is 18.2 Å². The molecule has 0 radical (unpaired) electrons. The Balaban J connectivity index is 0.000000630. The Morgan fingerprint density at radius 3 is 1.26 bits per heavy atom. The standard InChI is InChI=1S/2C20H21.C4H12O2Si.2ClH.Zr/c2*1-14-12-16-6-5-7-18(19(16)13-14)15-8-10-17(11-9-15)20(2,3)4;1-3-4-7(2,5)6;;;/h2*5-13H,1-4H3;5-6H,3-4H2,1-2H3;2*1H;/q;;;;;+2/p-2. The number of allylic oxidation sites excluding steroid dienone is 2. The number of hydrogen-bond donors (Lipinski definition) is 2. The first kappa shape index (κ1) is 39.2. The second kappa shape index (κ2) is 14.8. The van der Waals surface area contributed by atoms with Crippen LogP contribution in [0.15, 0.2) is 96.1 Å². The Morgan fingerprint density at radius 1 is 0.620 bits per heavy atom. The van der Waals surface area contributed by atoms with Crippen molar-refractivity contribution < 1.29 is 27.5 Å². The molecule has 0 bridgehead atoms. The van der Waals surface area contributed by atoms with Gasteiger partial charge in [-0.15, -0.1) is 0 Å². The SMILES string of the molecule is CC1=Cc2c(-c3ccc(C(C)(C)C)cc3)cccc2[CH]1[Zr]([Cl])([Cl])[CH]1C(C)=Cc2c(-c3ccc(C(C)(C)C)cc3)cccc21.CCC[Si](C)(O)O. The van der Waals surface area contributed by atoms with Gasteiger partial charge in [0.1, 0.15) is 0 Å². The first-order valence-corrected chi connectivity index (χ1v) is 29.7. The first-order chi connectivity index (χ1) is 23.2. The number of hydrogen-bond acceptors (Lipinski definition) is 2. The summed E-state index contributed by atoms with van der Waals surface area (Å²) in [4.78, 5) is 17.4. The van der Waals surface area contributed by atoms with Gasteiger partial charge >= 0.3 is 281 Å². The molecule has 2 atom stereocenters. The van der Waals surface area contributed by atoms with Gasteiger partial charge in [0.15, 0.2) is 0 Å². The normalized spacial score (nSPS) is 17.4. The second-order valence-electron chi connectivity index (χ2n) is 16.6. The monoisotopic (exact) mass is 802 g/mol. The van der Waals surface area contributed by atoms with Crippen molar-refractivity contribution >= 4 is 37.7 Å². The van der Waals surface area contributed by atoms with Crippen molar-refractivity contribution in [2.24, 2.45) is 0 Å². The van der Waals surface area contributed by atoms with Gasteiger partial charge in [0.2, 0.25) is 0 Å². The van der Waals surface area contributed by atoms with E-state index >= 15 is 0 Å². The molecule has 0 saturated carbocycles. The van der Waals surface area contributed by atoms with Gasteiger partial charge < -0.3 is 9.59 Å². The molecule has 0 amide bonds. The van der Waals surface area contributed by atoms with E-state index in [1.54, 1.807) is 0 Å². The van der Waals surface area contributed by atoms with Crippen molar-refractivity contribution in [1.82, 2.24) is 0 Å². The molecule has 2 aliphatic rings. The molecule has 0 heterocycles. The number of benzene rings is 4. The average Bonchev–Trinajstić information content (AvgIpc) is 3.56. The third kappa shape index (κ3) is 8.27. The summed E-state index contributed by atoms with van der Waals surface area (Å²) < 4.78 is 0.186. The fourth-order valence-electron chi connectivity index (χ4n) is 7.57. The molecule has 6 heteroatoms. The van der Waals surface area contributed by atoms with Crippen molar-refractivity contribution in [3.63, 3.8) is 0 Å². The van der Waals surface area contributed by atoms with Crippen molar-refractivity contribution in [1.29, 1.82) is 0 Å². The van der Waals surface area contributed by atoms with Crippen molar-refractivity contribution in [3.05, 3.63) is 129 Å². The number of halogens is 2. The van der Waals surface area contributed by atoms with Gasteiger partial charge in [0.05, 0.1) is 0 Å². The van der Waals surface area contributed by atoms with Crippen LogP contribution < -0.4 is 0 Å². The zero-order chi connectivity index (χ0) is 36.8. The molecule has 0 saturated heterocycles. The number of fused-ring (bicyclic) bond motifs is 2. The maximum Gasteiger partial charge on any atom is 0.329 e. The van der Waals surface area contributed by atoms with E-state index in [-0.39, 0.29) is 18.1 Å². The van der Waals surface area contributed by atoms with Crippen LogP contribution in [-0.2, 0) is 28.7 Å². The van der Waals surface area contributed by atoms with Crippen LogP contribution in [0.1, 0.15) is 109 Å². The maximum absolute atomic E-state index is 8.71. The zero-order valence-corrected chi connectivity index (χ0v) is 36.4. The maximum atomic E-state index is 8.71. The van der Waals surface area contributed by atoms with E-state index in [1.165, 1.54) is 73.3 Å². The second-order valence-corrected chi connectivity index (χ2v) is 34.2. The molecule has 4 aromatic carbocycles. The summed E-state index contributed by atoms with van der Waals surface area (Å²) >= 11 is -3.96. The molecule has 4 aromatic rings. The molecule has 2 aliphatic carbocycles. The fourth-order valence-corrected chi connectivity index (χ4v) is 22.9. The molecule has 264 valence electrons. The molecule has 2 N–H and O–H groups in total. The number of rotatable bonds is 6. The first-order valence-electron chi connectivity index (χ1n) is 17.9. The Hall–Kier alpha value is -2.04. The molecule has 2 nitrogen and oxygen atoms in total. The van der Waals surface area contributed by atoms with Crippen LogP contribution in [0, 0.1) is 0 Å². The molecular formula is C44H54Cl2O2SiZr. The molecule has 6 rings (SSSR count). The van der Waals surface area contributed by atoms with Crippen molar-refractivity contribution in [3.8, 4) is 22.3 Å². The Bertz CT molecular complexity index is 1770. The molecular weight excluding hydrogens is 751 g/mol. The minimum atomic E-state index is -3.96. The molecule has 0 spiro atoms. The third-order valence-electron chi connectivity index (χ3n) is 10.2. The summed E-state index contributed by atoms with van der Waals surface area (Å²) in [6.07, 6.45) is 5.58. The largest absolute Gasteiger partial charge is 0.411 e. The van der Waals surface area contributed by atoms with E-state index in [0.717, 1.165) is 6.42 Å². The third-order valence-corrected chi connectivity index (χ3v) is 24.3. The predicted molar refractivity (Wildman–Crippen MR) is 217 cm³/mol. The molecule has 0 aliphatic heterocycles. The fraction of sp³-hybridized carbons (Fsp3) is 0.364. The minimum absolute atomic E-state index is 0.0930. The van der Waals surface area contributed by atoms with Gasteiger partial charge in [-0.1, -0.05) is 13.3 Å². The summed E-state index contributed by atoms with van der Waals surface area (Å²) in [6.45, 7) is 21.5. The smallest absolute Gasteiger partial charge is 0.329 e. The van der Waals surface area contributed by atoms with Gasteiger partial charge in [-0.3, -0.25) is 0 Å². The van der Waals surface area contributed by atoms with E-state index in [1.807, 2.05) is 6.92 Å². The molecule has 0 fully saturated rings. The van der Waals surface area contributed by atoms with E-state index in [2.05, 4.69) is 152 Å². The van der Waals surface area contributed by atoms with Crippen LogP contribution in [0.25, 0.3) is 34.4 Å². The van der Waals surface area contributed by atoms with Gasteiger partial charge in [-0.2, -0.15) is 0 Å². The molecule has 2 unspecified atom stereocenters. The summed E-state index contributed by atoms with van der Waals surface area (Å²) in [6, 6.07) is 32.1. The van der Waals surface area contributed by atoms with Crippen LogP contribution >= 0.6 is 17.0 Å². The van der Waals surface area contributed by atoms with E-state index in [4.69, 9.17) is 26.6 Å². The zero-order valence-electron chi connectivity index (χ0n) is 31.5. The molecule has 50 heavy (non-hydrogen) atoms. The van der Waals surface area contributed by atoms with Crippen LogP contribution in [0.3, 0.4) is 0 Å². The van der Waals surface area contributed by atoms with Crippen LogP contribution in [0.5, 0.6) is 0 Å². The Morgan fingerprint density at radius 2 is 0.980 bits per heavy atom. The summed E-state index contributed by atoms with van der Waals surface area (Å²) in [5, 5.41) is 0. The van der Waals surface area contributed by atoms with Gasteiger partial charge in [0, 0.05) is 0 Å². The van der Waals surface area contributed by atoms with E-state index < -0.39 is 26.4 Å². The topological polar surface area (TPSA) is 40.5 Å². The Kier molecular flexibility index (Phi) is 11.6. The van der Waals surface area contributed by atoms with Crippen LogP contribution in [0.4, 0.5) is 0 Å². The van der Waals surface area contributed by atoms with Crippen molar-refractivity contribution in [2.45, 2.75) is 99.4 Å². The predicted octanol–water partition coefficient (Wildman–Crippen LogP) is 13.1. The summed E-state index contributed by atoms with van der Waals surface area (Å²) in [7, 11) is 13.0. The van der Waals surface area contributed by atoms with Crippen molar-refractivity contribution in [2.75, 3.05) is 0 Å². The van der Waals surface area contributed by atoms with E-state index in [9.17, 15) is 0 Å². The van der Waals surface area contributed by atoms with Crippen LogP contribution in [0.2, 0.25) is 12.6 Å². The van der Waals surface area contributed by atoms with E-state index in [0.29, 0.717) is 6.04 Å². The molecule has 0 aromatic heterocycles. The summed E-state index contributed by atoms with van der Waals surface area (Å²) in [5.74, 6) is 0. The van der Waals surface area contributed by atoms with Gasteiger partial charge in [0.25, 0.3) is 0 Å². The quantitative estimate of drug-likeness (QED) is 0.191. The van der Waals surface area contributed by atoms with Gasteiger partial charge in [-0.25, -0.2) is 0 Å². The summed E-state index contributed by atoms with van der Waals surface area (Å²) in [5.41, 5.74) is 15.7. The van der Waals surface area contributed by atoms with Gasteiger partial charge in [-0.05, 0) is 12.6 Å². The Labute approximate surface area is 314 Å². The minimum Gasteiger partial charge on any atom is -0.411 e. The average molecular weight is 805 g/mol.